The predicted molar refractivity (Wildman–Crippen MR) is 80.5 cm³/mol. The number of hydrogen-bond donors (Lipinski definition) is 1. The minimum absolute atomic E-state index is 0.113. The maximum atomic E-state index is 11.1. The van der Waals surface area contributed by atoms with Crippen LogP contribution in [0.15, 0.2) is 60.7 Å². The predicted octanol–water partition coefficient (Wildman–Crippen LogP) is 4.00. The Hall–Kier alpha value is -2.88. The van der Waals surface area contributed by atoms with E-state index in [1.807, 2.05) is 36.4 Å². The summed E-state index contributed by atoms with van der Waals surface area (Å²) in [6, 6.07) is 18.1. The molecule has 0 amide bonds. The van der Waals surface area contributed by atoms with Gasteiger partial charge >= 0.3 is 0 Å². The summed E-state index contributed by atoms with van der Waals surface area (Å²) in [6.45, 7) is 0. The molecule has 20 heavy (non-hydrogen) atoms. The zero-order valence-electron chi connectivity index (χ0n) is 10.6. The molecule has 0 saturated heterocycles. The zero-order chi connectivity index (χ0) is 14.1. The summed E-state index contributed by atoms with van der Waals surface area (Å²) < 4.78 is 0. The summed E-state index contributed by atoms with van der Waals surface area (Å²) >= 11 is 0. The van der Waals surface area contributed by atoms with Crippen molar-refractivity contribution in [3.05, 3.63) is 70.8 Å². The van der Waals surface area contributed by atoms with Crippen LogP contribution in [0.1, 0.15) is 0 Å². The normalized spacial score (nSPS) is 10.6. The Labute approximate surface area is 115 Å². The monoisotopic (exact) mass is 264 g/mol. The number of rotatable bonds is 2. The highest BCUT2D eigenvalue weighted by molar-refractivity contribution is 5.90. The summed E-state index contributed by atoms with van der Waals surface area (Å²) in [4.78, 5) is 10.7. The van der Waals surface area contributed by atoms with E-state index in [2.05, 4.69) is 0 Å². The second-order valence-corrected chi connectivity index (χ2v) is 4.60. The molecule has 4 heteroatoms. The van der Waals surface area contributed by atoms with Crippen LogP contribution in [-0.2, 0) is 0 Å². The van der Waals surface area contributed by atoms with Crippen molar-refractivity contribution in [2.45, 2.75) is 0 Å². The standard InChI is InChI=1S/C16H12N2O2/c17-14-8-7-11-9-13(6-5-12(11)10-14)15-3-1-2-4-16(15)18(19)20/h1-10H,17H2. The van der Waals surface area contributed by atoms with Crippen molar-refractivity contribution in [3.8, 4) is 11.1 Å². The van der Waals surface area contributed by atoms with Crippen molar-refractivity contribution < 1.29 is 4.92 Å². The lowest BCUT2D eigenvalue weighted by atomic mass is 10.00. The molecule has 0 radical (unpaired) electrons. The Balaban J connectivity index is 2.20. The molecule has 0 aliphatic rings. The minimum Gasteiger partial charge on any atom is -0.399 e. The first-order valence-corrected chi connectivity index (χ1v) is 6.18. The highest BCUT2D eigenvalue weighted by Gasteiger charge is 2.14. The fourth-order valence-electron chi connectivity index (χ4n) is 2.31. The molecular formula is C16H12N2O2. The van der Waals surface area contributed by atoms with Crippen molar-refractivity contribution in [1.29, 1.82) is 0 Å². The van der Waals surface area contributed by atoms with Crippen LogP contribution in [0.2, 0.25) is 0 Å². The van der Waals surface area contributed by atoms with E-state index in [0.29, 0.717) is 11.3 Å². The summed E-state index contributed by atoms with van der Waals surface area (Å²) in [5.74, 6) is 0. The van der Waals surface area contributed by atoms with E-state index < -0.39 is 0 Å². The molecule has 0 spiro atoms. The molecule has 3 rings (SSSR count). The molecule has 0 aliphatic carbocycles. The van der Waals surface area contributed by atoms with Crippen LogP contribution in [0.3, 0.4) is 0 Å². The first kappa shape index (κ1) is 12.2. The van der Waals surface area contributed by atoms with Gasteiger partial charge in [-0.25, -0.2) is 0 Å². The number of hydrogen-bond acceptors (Lipinski definition) is 3. The van der Waals surface area contributed by atoms with Crippen molar-refractivity contribution in [3.63, 3.8) is 0 Å². The molecule has 3 aromatic rings. The van der Waals surface area contributed by atoms with Gasteiger partial charge in [-0.15, -0.1) is 0 Å². The molecule has 0 aliphatic heterocycles. The molecule has 3 aromatic carbocycles. The van der Waals surface area contributed by atoms with Crippen molar-refractivity contribution in [1.82, 2.24) is 0 Å². The lowest BCUT2D eigenvalue weighted by Crippen LogP contribution is -1.91. The molecule has 0 heterocycles. The van der Waals surface area contributed by atoms with Gasteiger partial charge in [-0.1, -0.05) is 30.3 Å². The molecule has 4 nitrogen and oxygen atoms in total. The van der Waals surface area contributed by atoms with Crippen molar-refractivity contribution in [2.75, 3.05) is 5.73 Å². The zero-order valence-corrected chi connectivity index (χ0v) is 10.6. The number of nitro groups is 1. The summed E-state index contributed by atoms with van der Waals surface area (Å²) in [7, 11) is 0. The molecule has 0 aromatic heterocycles. The number of nitrogens with two attached hydrogens (primary N) is 1. The van der Waals surface area contributed by atoms with Gasteiger partial charge in [0, 0.05) is 11.8 Å². The molecule has 0 unspecified atom stereocenters. The van der Waals surface area contributed by atoms with Crippen LogP contribution < -0.4 is 5.73 Å². The third-order valence-corrected chi connectivity index (χ3v) is 3.28. The smallest absolute Gasteiger partial charge is 0.277 e. The Kier molecular flexibility index (Phi) is 2.84. The Morgan fingerprint density at radius 3 is 2.40 bits per heavy atom. The lowest BCUT2D eigenvalue weighted by Gasteiger charge is -2.05. The SMILES string of the molecule is Nc1ccc2cc(-c3ccccc3[N+](=O)[O-])ccc2c1. The van der Waals surface area contributed by atoms with Gasteiger partial charge in [0.2, 0.25) is 0 Å². The van der Waals surface area contributed by atoms with E-state index in [1.54, 1.807) is 18.2 Å². The second-order valence-electron chi connectivity index (χ2n) is 4.60. The third-order valence-electron chi connectivity index (χ3n) is 3.28. The van der Waals surface area contributed by atoms with Gasteiger partial charge < -0.3 is 5.73 Å². The molecule has 0 atom stereocenters. The molecule has 0 fully saturated rings. The number of fused-ring (bicyclic) bond motifs is 1. The highest BCUT2D eigenvalue weighted by Crippen LogP contribution is 2.31. The first-order valence-electron chi connectivity index (χ1n) is 6.18. The largest absolute Gasteiger partial charge is 0.399 e. The number of nitrogen functional groups attached to an aromatic ring is 1. The molecule has 0 bridgehead atoms. The van der Waals surface area contributed by atoms with Gasteiger partial charge in [0.1, 0.15) is 0 Å². The maximum Gasteiger partial charge on any atom is 0.277 e. The van der Waals surface area contributed by atoms with Crippen molar-refractivity contribution >= 4 is 22.1 Å². The average Bonchev–Trinajstić information content (AvgIpc) is 2.46. The van der Waals surface area contributed by atoms with Crippen molar-refractivity contribution in [2.24, 2.45) is 0 Å². The Morgan fingerprint density at radius 2 is 1.60 bits per heavy atom. The maximum absolute atomic E-state index is 11.1. The number of nitrogens with zero attached hydrogens (tertiary/aromatic N) is 1. The molecule has 2 N–H and O–H groups in total. The second kappa shape index (κ2) is 4.66. The van der Waals surface area contributed by atoms with Gasteiger partial charge in [0.05, 0.1) is 10.5 Å². The highest BCUT2D eigenvalue weighted by atomic mass is 16.6. The number of para-hydroxylation sites is 1. The van der Waals surface area contributed by atoms with Crippen LogP contribution in [0.5, 0.6) is 0 Å². The summed E-state index contributed by atoms with van der Waals surface area (Å²) in [6.07, 6.45) is 0. The number of anilines is 1. The topological polar surface area (TPSA) is 69.2 Å². The van der Waals surface area contributed by atoms with Crippen LogP contribution in [-0.4, -0.2) is 4.92 Å². The number of benzene rings is 3. The van der Waals surface area contributed by atoms with E-state index in [-0.39, 0.29) is 10.6 Å². The summed E-state index contributed by atoms with van der Waals surface area (Å²) in [5.41, 5.74) is 8.02. The average molecular weight is 264 g/mol. The van der Waals surface area contributed by atoms with Crippen LogP contribution >= 0.6 is 0 Å². The van der Waals surface area contributed by atoms with Crippen LogP contribution in [0, 0.1) is 10.1 Å². The Morgan fingerprint density at radius 1 is 0.900 bits per heavy atom. The van der Waals surface area contributed by atoms with Gasteiger partial charge in [-0.05, 0) is 40.6 Å². The van der Waals surface area contributed by atoms with Gasteiger partial charge in [-0.2, -0.15) is 0 Å². The van der Waals surface area contributed by atoms with Gasteiger partial charge in [0.25, 0.3) is 5.69 Å². The summed E-state index contributed by atoms with van der Waals surface area (Å²) in [5, 5.41) is 13.1. The van der Waals surface area contributed by atoms with E-state index >= 15 is 0 Å². The Bertz CT molecular complexity index is 812. The quantitative estimate of drug-likeness (QED) is 0.432. The fourth-order valence-corrected chi connectivity index (χ4v) is 2.31. The fraction of sp³-hybridized carbons (Fsp3) is 0. The first-order chi connectivity index (χ1) is 9.65. The minimum atomic E-state index is -0.359. The van der Waals surface area contributed by atoms with Crippen LogP contribution in [0.4, 0.5) is 11.4 Å². The van der Waals surface area contributed by atoms with E-state index in [4.69, 9.17) is 5.73 Å². The molecule has 98 valence electrons. The van der Waals surface area contributed by atoms with E-state index in [9.17, 15) is 10.1 Å². The van der Waals surface area contributed by atoms with Crippen LogP contribution in [0.25, 0.3) is 21.9 Å². The van der Waals surface area contributed by atoms with Gasteiger partial charge in [-0.3, -0.25) is 10.1 Å². The van der Waals surface area contributed by atoms with E-state index in [0.717, 1.165) is 16.3 Å². The number of nitro benzene ring substituents is 1. The third kappa shape index (κ3) is 2.07. The molecular weight excluding hydrogens is 252 g/mol. The lowest BCUT2D eigenvalue weighted by molar-refractivity contribution is -0.384. The molecule has 0 saturated carbocycles. The van der Waals surface area contributed by atoms with E-state index in [1.165, 1.54) is 6.07 Å². The van der Waals surface area contributed by atoms with Gasteiger partial charge in [0.15, 0.2) is 0 Å².